The van der Waals surface area contributed by atoms with E-state index in [0.29, 0.717) is 15.7 Å². The van der Waals surface area contributed by atoms with Gasteiger partial charge >= 0.3 is 0 Å². The van der Waals surface area contributed by atoms with Gasteiger partial charge in [0.2, 0.25) is 0 Å². The van der Waals surface area contributed by atoms with Gasteiger partial charge in [0.15, 0.2) is 40.7 Å². The van der Waals surface area contributed by atoms with E-state index in [0.717, 1.165) is 11.1 Å². The molecule has 0 aromatic heterocycles. The highest BCUT2D eigenvalue weighted by atomic mass is 16.4. The van der Waals surface area contributed by atoms with Crippen molar-refractivity contribution in [3.8, 4) is 73.6 Å². The van der Waals surface area contributed by atoms with Crippen LogP contribution in [0.1, 0.15) is 0 Å². The number of aromatic hydroxyl groups is 7. The Morgan fingerprint density at radius 3 is 1.71 bits per heavy atom. The Kier molecular flexibility index (Phi) is 9.50. The fraction of sp³-hybridized carbons (Fsp3) is 0.0455. The van der Waals surface area contributed by atoms with E-state index in [9.17, 15) is 51.1 Å². The molecule has 1 atom stereocenters. The van der Waals surface area contributed by atoms with Crippen LogP contribution in [-0.4, -0.2) is 65.1 Å². The molecule has 12 heteroatoms. The van der Waals surface area contributed by atoms with Crippen molar-refractivity contribution in [1.29, 1.82) is 0 Å². The minimum atomic E-state index is -2.56. The number of hydrogen-bond donors (Lipinski definition) is 10. The summed E-state index contributed by atoms with van der Waals surface area (Å²) in [7, 11) is 6.46. The SMILES string of the molecule is [B]c1c(O)c(-c2ccc(-c3ccccc3)cc2)c(O)c(O)c1N(c1c(O)c(O)c(-c2cccc3ccccc23)c(O)c1O)C(O)/C(O)=C(\C(=C)O)C1C=CC=C1. The summed E-state index contributed by atoms with van der Waals surface area (Å²) in [5.74, 6) is -9.98. The second kappa shape index (κ2) is 14.4. The summed E-state index contributed by atoms with van der Waals surface area (Å²) >= 11 is 0. The Morgan fingerprint density at radius 2 is 1.09 bits per heavy atom. The lowest BCUT2D eigenvalue weighted by Gasteiger charge is -2.35. The molecule has 0 amide bonds. The van der Waals surface area contributed by atoms with Crippen molar-refractivity contribution in [3.05, 3.63) is 145 Å². The molecule has 1 unspecified atom stereocenters. The molecule has 1 aliphatic rings. The lowest BCUT2D eigenvalue weighted by molar-refractivity contribution is 0.152. The highest BCUT2D eigenvalue weighted by Crippen LogP contribution is 2.59. The molecule has 10 N–H and O–H groups in total. The molecule has 6 aromatic rings. The Balaban J connectivity index is 1.48. The van der Waals surface area contributed by atoms with E-state index in [-0.39, 0.29) is 22.3 Å². The summed E-state index contributed by atoms with van der Waals surface area (Å²) < 4.78 is 0. The summed E-state index contributed by atoms with van der Waals surface area (Å²) in [6, 6.07) is 27.7. The van der Waals surface area contributed by atoms with Crippen molar-refractivity contribution >= 4 is 35.5 Å². The summed E-state index contributed by atoms with van der Waals surface area (Å²) in [5.41, 5.74) is -1.74. The average molecular weight is 748 g/mol. The first kappa shape index (κ1) is 36.9. The number of phenols is 7. The molecule has 0 heterocycles. The van der Waals surface area contributed by atoms with Gasteiger partial charge in [-0.05, 0) is 38.5 Å². The first-order valence-electron chi connectivity index (χ1n) is 17.2. The van der Waals surface area contributed by atoms with Crippen LogP contribution in [0.15, 0.2) is 145 Å². The number of rotatable bonds is 9. The number of fused-ring (bicyclic) bond motifs is 1. The molecular weight excluding hydrogens is 713 g/mol. The zero-order valence-corrected chi connectivity index (χ0v) is 29.4. The number of benzene rings is 6. The number of hydrogen-bond acceptors (Lipinski definition) is 11. The molecule has 0 saturated carbocycles. The van der Waals surface area contributed by atoms with E-state index in [1.165, 1.54) is 18.2 Å². The average Bonchev–Trinajstić information content (AvgIpc) is 3.73. The molecular formula is C44H34BNO10. The lowest BCUT2D eigenvalue weighted by atomic mass is 9.85. The van der Waals surface area contributed by atoms with Crippen molar-refractivity contribution in [1.82, 2.24) is 0 Å². The summed E-state index contributed by atoms with van der Waals surface area (Å²) in [6.45, 7) is 3.48. The number of allylic oxidation sites excluding steroid dienone is 5. The van der Waals surface area contributed by atoms with E-state index in [1.807, 2.05) is 30.3 Å². The first-order chi connectivity index (χ1) is 26.8. The van der Waals surface area contributed by atoms with Crippen LogP contribution in [0.5, 0.6) is 40.2 Å². The Labute approximate surface area is 321 Å². The molecule has 0 spiro atoms. The molecule has 0 bridgehead atoms. The quantitative estimate of drug-likeness (QED) is 0.0174. The molecule has 2 radical (unpaired) electrons. The Hall–Kier alpha value is -7.44. The third kappa shape index (κ3) is 6.04. The molecule has 11 nitrogen and oxygen atoms in total. The van der Waals surface area contributed by atoms with Crippen molar-refractivity contribution in [2.24, 2.45) is 5.92 Å². The van der Waals surface area contributed by atoms with E-state index < -0.39 is 86.3 Å². The van der Waals surface area contributed by atoms with Crippen LogP contribution in [-0.2, 0) is 0 Å². The lowest BCUT2D eigenvalue weighted by Crippen LogP contribution is -2.37. The fourth-order valence-electron chi connectivity index (χ4n) is 7.06. The van der Waals surface area contributed by atoms with Crippen LogP contribution < -0.4 is 10.4 Å². The van der Waals surface area contributed by atoms with Gasteiger partial charge < -0.3 is 51.1 Å². The summed E-state index contributed by atoms with van der Waals surface area (Å²) in [4.78, 5) is 0.379. The Morgan fingerprint density at radius 1 is 0.571 bits per heavy atom. The molecule has 7 rings (SSSR count). The van der Waals surface area contributed by atoms with Crippen LogP contribution in [0.3, 0.4) is 0 Å². The van der Waals surface area contributed by atoms with Gasteiger partial charge in [0.25, 0.3) is 0 Å². The van der Waals surface area contributed by atoms with Gasteiger partial charge in [-0.3, -0.25) is 4.90 Å². The smallest absolute Gasteiger partial charge is 0.190 e. The third-order valence-corrected chi connectivity index (χ3v) is 9.78. The van der Waals surface area contributed by atoms with E-state index in [1.54, 1.807) is 72.8 Å². The van der Waals surface area contributed by atoms with Crippen molar-refractivity contribution in [2.45, 2.75) is 6.23 Å². The van der Waals surface area contributed by atoms with E-state index in [2.05, 4.69) is 6.58 Å². The molecule has 56 heavy (non-hydrogen) atoms. The molecule has 0 saturated heterocycles. The molecule has 1 aliphatic carbocycles. The topological polar surface area (TPSA) is 206 Å². The van der Waals surface area contributed by atoms with Gasteiger partial charge in [0.1, 0.15) is 30.8 Å². The number of anilines is 2. The van der Waals surface area contributed by atoms with Gasteiger partial charge in [-0.2, -0.15) is 0 Å². The fourth-order valence-corrected chi connectivity index (χ4v) is 7.06. The van der Waals surface area contributed by atoms with Gasteiger partial charge in [-0.25, -0.2) is 0 Å². The maximum absolute atomic E-state index is 12.0. The molecule has 0 fully saturated rings. The van der Waals surface area contributed by atoms with Crippen LogP contribution >= 0.6 is 0 Å². The monoisotopic (exact) mass is 747 g/mol. The predicted octanol–water partition coefficient (Wildman–Crippen LogP) is 7.66. The minimum Gasteiger partial charge on any atom is -0.508 e. The normalized spacial score (nSPS) is 13.5. The second-order valence-corrected chi connectivity index (χ2v) is 13.1. The van der Waals surface area contributed by atoms with E-state index in [4.69, 9.17) is 7.85 Å². The highest BCUT2D eigenvalue weighted by Gasteiger charge is 2.39. The van der Waals surface area contributed by atoms with Crippen LogP contribution in [0.2, 0.25) is 0 Å². The maximum Gasteiger partial charge on any atom is 0.190 e. The van der Waals surface area contributed by atoms with Crippen molar-refractivity contribution < 1.29 is 51.1 Å². The number of aliphatic hydroxyl groups is 3. The first-order valence-corrected chi connectivity index (χ1v) is 17.2. The van der Waals surface area contributed by atoms with Gasteiger partial charge in [-0.1, -0.05) is 128 Å². The number of phenolic OH excluding ortho intramolecular Hbond substituents is 7. The number of aliphatic hydroxyl groups excluding tert-OH is 3. The summed E-state index contributed by atoms with van der Waals surface area (Å²) in [5, 5.41) is 117. The minimum absolute atomic E-state index is 0.184. The largest absolute Gasteiger partial charge is 0.508 e. The summed E-state index contributed by atoms with van der Waals surface area (Å²) in [6.07, 6.45) is 3.71. The molecule has 278 valence electrons. The van der Waals surface area contributed by atoms with Crippen molar-refractivity contribution in [2.75, 3.05) is 4.90 Å². The molecule has 6 aromatic carbocycles. The van der Waals surface area contributed by atoms with Gasteiger partial charge in [-0.15, -0.1) is 0 Å². The standard InChI is InChI=1S/C44H34BNO10/c1-22(47)30(26-13-5-6-14-26)40(52)44(56)46(35-42(54)38(50)32(39(51)43(35)55)29-17-9-15-25-12-7-8-16-28(25)29)34-33(45)36(48)31(37(49)41(34)53)27-20-18-24(19-21-27)23-10-3-2-4-11-23/h2-21,26,44,47-56H,1H2/b40-30-. The van der Waals surface area contributed by atoms with Crippen LogP contribution in [0.25, 0.3) is 44.2 Å². The maximum atomic E-state index is 12.0. The number of nitrogens with zero attached hydrogens (tertiary/aromatic N) is 1. The zero-order chi connectivity index (χ0) is 40.0. The van der Waals surface area contributed by atoms with Crippen LogP contribution in [0.4, 0.5) is 11.4 Å². The van der Waals surface area contributed by atoms with Crippen molar-refractivity contribution in [3.63, 3.8) is 0 Å². The zero-order valence-electron chi connectivity index (χ0n) is 29.4. The van der Waals surface area contributed by atoms with Gasteiger partial charge in [0, 0.05) is 11.5 Å². The van der Waals surface area contributed by atoms with Crippen LogP contribution in [0, 0.1) is 5.92 Å². The predicted molar refractivity (Wildman–Crippen MR) is 215 cm³/mol. The van der Waals surface area contributed by atoms with E-state index >= 15 is 0 Å². The van der Waals surface area contributed by atoms with Gasteiger partial charge in [0.05, 0.1) is 16.8 Å². The highest BCUT2D eigenvalue weighted by molar-refractivity contribution is 6.39. The third-order valence-electron chi connectivity index (χ3n) is 9.78. The second-order valence-electron chi connectivity index (χ2n) is 13.1. The Bertz CT molecular complexity index is 2560. The molecule has 0 aliphatic heterocycles.